The standard InChI is InChI=1S/C12H17NO5S/c1-18-12(15)8-7-11(14)9-3-5-10(6-4-9)13-19(2,16)17/h3-6,11,13-14H,7-8H2,1-2H3. The van der Waals surface area contributed by atoms with Crippen LogP contribution in [0.25, 0.3) is 0 Å². The minimum Gasteiger partial charge on any atom is -0.469 e. The Morgan fingerprint density at radius 1 is 1.37 bits per heavy atom. The number of ether oxygens (including phenoxy) is 1. The van der Waals surface area contributed by atoms with Crippen LogP contribution in [-0.4, -0.2) is 32.9 Å². The van der Waals surface area contributed by atoms with Crippen molar-refractivity contribution in [2.24, 2.45) is 0 Å². The summed E-state index contributed by atoms with van der Waals surface area (Å²) in [7, 11) is -2.02. The van der Waals surface area contributed by atoms with Crippen molar-refractivity contribution in [3.63, 3.8) is 0 Å². The van der Waals surface area contributed by atoms with Crippen molar-refractivity contribution < 1.29 is 23.1 Å². The van der Waals surface area contributed by atoms with E-state index in [1.165, 1.54) is 7.11 Å². The Hall–Kier alpha value is -1.60. The molecule has 0 saturated carbocycles. The molecule has 1 aromatic carbocycles. The number of anilines is 1. The van der Waals surface area contributed by atoms with E-state index in [1.54, 1.807) is 24.3 Å². The molecule has 0 amide bonds. The van der Waals surface area contributed by atoms with Gasteiger partial charge in [0.25, 0.3) is 0 Å². The van der Waals surface area contributed by atoms with Crippen molar-refractivity contribution in [2.45, 2.75) is 18.9 Å². The lowest BCUT2D eigenvalue weighted by Gasteiger charge is -2.11. The van der Waals surface area contributed by atoms with Gasteiger partial charge in [-0.05, 0) is 24.1 Å². The van der Waals surface area contributed by atoms with Gasteiger partial charge in [-0.25, -0.2) is 8.42 Å². The maximum atomic E-state index is 11.0. The van der Waals surface area contributed by atoms with Crippen molar-refractivity contribution >= 4 is 21.7 Å². The van der Waals surface area contributed by atoms with Crippen LogP contribution < -0.4 is 4.72 Å². The first-order chi connectivity index (χ1) is 8.81. The Labute approximate surface area is 112 Å². The van der Waals surface area contributed by atoms with Crippen LogP contribution in [0.3, 0.4) is 0 Å². The first-order valence-corrected chi connectivity index (χ1v) is 7.53. The van der Waals surface area contributed by atoms with Crippen LogP contribution >= 0.6 is 0 Å². The second kappa shape index (κ2) is 6.53. The average Bonchev–Trinajstić information content (AvgIpc) is 2.34. The van der Waals surface area contributed by atoms with E-state index >= 15 is 0 Å². The summed E-state index contributed by atoms with van der Waals surface area (Å²) in [5.41, 5.74) is 1.04. The highest BCUT2D eigenvalue weighted by Crippen LogP contribution is 2.20. The monoisotopic (exact) mass is 287 g/mol. The number of aliphatic hydroxyl groups excluding tert-OH is 1. The van der Waals surface area contributed by atoms with Crippen LogP contribution in [-0.2, 0) is 19.6 Å². The number of esters is 1. The van der Waals surface area contributed by atoms with Crippen molar-refractivity contribution in [1.82, 2.24) is 0 Å². The van der Waals surface area contributed by atoms with E-state index in [0.717, 1.165) is 6.26 Å². The molecule has 2 N–H and O–H groups in total. The van der Waals surface area contributed by atoms with E-state index in [1.807, 2.05) is 0 Å². The molecular weight excluding hydrogens is 270 g/mol. The predicted molar refractivity (Wildman–Crippen MR) is 71.1 cm³/mol. The number of sulfonamides is 1. The summed E-state index contributed by atoms with van der Waals surface area (Å²) in [5, 5.41) is 9.84. The van der Waals surface area contributed by atoms with Gasteiger partial charge in [-0.15, -0.1) is 0 Å². The maximum absolute atomic E-state index is 11.0. The SMILES string of the molecule is COC(=O)CCC(O)c1ccc(NS(C)(=O)=O)cc1. The molecule has 0 spiro atoms. The average molecular weight is 287 g/mol. The van der Waals surface area contributed by atoms with Crippen LogP contribution in [0.15, 0.2) is 24.3 Å². The molecule has 1 aromatic rings. The Morgan fingerprint density at radius 2 is 1.95 bits per heavy atom. The third kappa shape index (κ3) is 5.71. The molecule has 1 rings (SSSR count). The van der Waals surface area contributed by atoms with Crippen LogP contribution in [0.2, 0.25) is 0 Å². The van der Waals surface area contributed by atoms with Gasteiger partial charge in [0.15, 0.2) is 0 Å². The van der Waals surface area contributed by atoms with Gasteiger partial charge >= 0.3 is 5.97 Å². The lowest BCUT2D eigenvalue weighted by atomic mass is 10.0. The molecule has 0 bridgehead atoms. The van der Waals surface area contributed by atoms with Gasteiger partial charge in [-0.1, -0.05) is 12.1 Å². The minimum absolute atomic E-state index is 0.126. The number of hydrogen-bond donors (Lipinski definition) is 2. The third-order valence-corrected chi connectivity index (χ3v) is 3.05. The first kappa shape index (κ1) is 15.5. The van der Waals surface area contributed by atoms with Gasteiger partial charge < -0.3 is 9.84 Å². The quantitative estimate of drug-likeness (QED) is 0.763. The van der Waals surface area contributed by atoms with Gasteiger partial charge in [-0.3, -0.25) is 9.52 Å². The Bertz CT molecular complexity index is 524. The molecule has 0 aliphatic heterocycles. The summed E-state index contributed by atoms with van der Waals surface area (Å²) in [5.74, 6) is -0.380. The molecule has 0 aliphatic carbocycles. The number of hydrogen-bond acceptors (Lipinski definition) is 5. The van der Waals surface area contributed by atoms with Crippen LogP contribution in [0.5, 0.6) is 0 Å². The topological polar surface area (TPSA) is 92.7 Å². The Balaban J connectivity index is 2.63. The molecule has 6 nitrogen and oxygen atoms in total. The van der Waals surface area contributed by atoms with Gasteiger partial charge in [0.05, 0.1) is 19.5 Å². The predicted octanol–water partition coefficient (Wildman–Crippen LogP) is 1.04. The van der Waals surface area contributed by atoms with Crippen LogP contribution in [0, 0.1) is 0 Å². The normalized spacial score (nSPS) is 12.8. The molecule has 106 valence electrons. The van der Waals surface area contributed by atoms with Crippen LogP contribution in [0.4, 0.5) is 5.69 Å². The zero-order chi connectivity index (χ0) is 14.5. The van der Waals surface area contributed by atoms with Crippen molar-refractivity contribution in [3.05, 3.63) is 29.8 Å². The number of aliphatic hydroxyl groups is 1. The number of rotatable bonds is 6. The fraction of sp³-hybridized carbons (Fsp3) is 0.417. The Morgan fingerprint density at radius 3 is 2.42 bits per heavy atom. The van der Waals surface area contributed by atoms with E-state index < -0.39 is 16.1 Å². The second-order valence-electron chi connectivity index (χ2n) is 4.13. The van der Waals surface area contributed by atoms with E-state index in [2.05, 4.69) is 9.46 Å². The van der Waals surface area contributed by atoms with E-state index in [0.29, 0.717) is 11.3 Å². The van der Waals surface area contributed by atoms with E-state index in [4.69, 9.17) is 0 Å². The molecule has 0 fully saturated rings. The van der Waals surface area contributed by atoms with Crippen molar-refractivity contribution in [2.75, 3.05) is 18.1 Å². The summed E-state index contributed by atoms with van der Waals surface area (Å²) in [6, 6.07) is 6.32. The van der Waals surface area contributed by atoms with Crippen molar-refractivity contribution in [1.29, 1.82) is 0 Å². The maximum Gasteiger partial charge on any atom is 0.305 e. The largest absolute Gasteiger partial charge is 0.469 e. The summed E-state index contributed by atoms with van der Waals surface area (Å²) in [4.78, 5) is 10.9. The smallest absolute Gasteiger partial charge is 0.305 e. The molecule has 0 aromatic heterocycles. The molecule has 19 heavy (non-hydrogen) atoms. The van der Waals surface area contributed by atoms with Gasteiger partial charge in [0.1, 0.15) is 0 Å². The number of carbonyl (C=O) groups is 1. The lowest BCUT2D eigenvalue weighted by molar-refractivity contribution is -0.141. The molecule has 0 saturated heterocycles. The highest BCUT2D eigenvalue weighted by molar-refractivity contribution is 7.92. The zero-order valence-electron chi connectivity index (χ0n) is 10.8. The molecular formula is C12H17NO5S. The fourth-order valence-electron chi connectivity index (χ4n) is 1.51. The number of methoxy groups -OCH3 is 1. The fourth-order valence-corrected chi connectivity index (χ4v) is 2.07. The molecule has 7 heteroatoms. The molecule has 0 aliphatic rings. The highest BCUT2D eigenvalue weighted by atomic mass is 32.2. The number of carbonyl (C=O) groups excluding carboxylic acids is 1. The number of benzene rings is 1. The van der Waals surface area contributed by atoms with Crippen molar-refractivity contribution in [3.8, 4) is 0 Å². The molecule has 0 heterocycles. The zero-order valence-corrected chi connectivity index (χ0v) is 11.6. The first-order valence-electron chi connectivity index (χ1n) is 5.64. The summed E-state index contributed by atoms with van der Waals surface area (Å²) in [6.07, 6.45) is 0.657. The van der Waals surface area contributed by atoms with Gasteiger partial charge in [-0.2, -0.15) is 0 Å². The van der Waals surface area contributed by atoms with Gasteiger partial charge in [0, 0.05) is 12.1 Å². The van der Waals surface area contributed by atoms with Crippen LogP contribution in [0.1, 0.15) is 24.5 Å². The summed E-state index contributed by atoms with van der Waals surface area (Å²) < 4.78 is 28.8. The lowest BCUT2D eigenvalue weighted by Crippen LogP contribution is -2.09. The molecule has 1 atom stereocenters. The summed E-state index contributed by atoms with van der Waals surface area (Å²) in [6.45, 7) is 0. The van der Waals surface area contributed by atoms with Gasteiger partial charge in [0.2, 0.25) is 10.0 Å². The second-order valence-corrected chi connectivity index (χ2v) is 5.88. The molecule has 1 unspecified atom stereocenters. The highest BCUT2D eigenvalue weighted by Gasteiger charge is 2.11. The summed E-state index contributed by atoms with van der Waals surface area (Å²) >= 11 is 0. The number of nitrogens with one attached hydrogen (secondary N) is 1. The van der Waals surface area contributed by atoms with E-state index in [-0.39, 0.29) is 18.8 Å². The third-order valence-electron chi connectivity index (χ3n) is 2.45. The molecule has 0 radical (unpaired) electrons. The Kier molecular flexibility index (Phi) is 5.31. The van der Waals surface area contributed by atoms with E-state index in [9.17, 15) is 18.3 Å². The minimum atomic E-state index is -3.31.